The smallest absolute Gasteiger partial charge is 0.125 e. The van der Waals surface area contributed by atoms with Crippen molar-refractivity contribution in [2.45, 2.75) is 57.3 Å². The van der Waals surface area contributed by atoms with Gasteiger partial charge in [0.2, 0.25) is 0 Å². The molecule has 1 aliphatic carbocycles. The molecule has 1 aliphatic heterocycles. The predicted molar refractivity (Wildman–Crippen MR) is 79.9 cm³/mol. The summed E-state index contributed by atoms with van der Waals surface area (Å²) in [5, 5.41) is 13.3. The zero-order valence-electron chi connectivity index (χ0n) is 12.4. The summed E-state index contributed by atoms with van der Waals surface area (Å²) in [5.74, 6) is 1.69. The molecule has 3 rings (SSSR count). The first-order valence-corrected chi connectivity index (χ1v) is 7.75. The van der Waals surface area contributed by atoms with Crippen LogP contribution in [0.1, 0.15) is 51.1 Å². The number of para-hydroxylation sites is 1. The van der Waals surface area contributed by atoms with Crippen molar-refractivity contribution in [1.29, 1.82) is 0 Å². The van der Waals surface area contributed by atoms with Crippen molar-refractivity contribution in [1.82, 2.24) is 5.32 Å². The van der Waals surface area contributed by atoms with E-state index in [9.17, 15) is 5.11 Å². The Labute approximate surface area is 121 Å². The summed E-state index contributed by atoms with van der Waals surface area (Å²) in [4.78, 5) is 0. The molecule has 3 nitrogen and oxygen atoms in total. The first-order chi connectivity index (χ1) is 9.56. The average Bonchev–Trinajstić information content (AvgIpc) is 2.68. The summed E-state index contributed by atoms with van der Waals surface area (Å²) in [6, 6.07) is 8.57. The second-order valence-electron chi connectivity index (χ2n) is 6.76. The normalized spacial score (nSPS) is 31.6. The lowest BCUT2D eigenvalue weighted by Crippen LogP contribution is -2.41. The predicted octanol–water partition coefficient (Wildman–Crippen LogP) is 3.04. The lowest BCUT2D eigenvalue weighted by Gasteiger charge is -2.31. The SMILES string of the molecule is CC1(C)Oc2ccccc2C1NCC1CCC(O)CC1. The largest absolute Gasteiger partial charge is 0.486 e. The minimum absolute atomic E-state index is 0.0711. The number of hydrogen-bond donors (Lipinski definition) is 2. The molecule has 0 spiro atoms. The van der Waals surface area contributed by atoms with Gasteiger partial charge >= 0.3 is 0 Å². The summed E-state index contributed by atoms with van der Waals surface area (Å²) >= 11 is 0. The molecule has 1 fully saturated rings. The van der Waals surface area contributed by atoms with E-state index in [4.69, 9.17) is 4.74 Å². The van der Waals surface area contributed by atoms with E-state index >= 15 is 0 Å². The van der Waals surface area contributed by atoms with E-state index < -0.39 is 0 Å². The molecule has 1 saturated carbocycles. The Bertz CT molecular complexity index is 464. The van der Waals surface area contributed by atoms with Gasteiger partial charge in [0.05, 0.1) is 12.1 Å². The number of aliphatic hydroxyl groups excluding tert-OH is 1. The molecule has 0 bridgehead atoms. The highest BCUT2D eigenvalue weighted by atomic mass is 16.5. The second kappa shape index (κ2) is 5.38. The van der Waals surface area contributed by atoms with Crippen LogP contribution in [0.25, 0.3) is 0 Å². The first kappa shape index (κ1) is 13.9. The standard InChI is InChI=1S/C17H25NO2/c1-17(2)16(14-5-3-4-6-15(14)20-17)18-11-12-7-9-13(19)10-8-12/h3-6,12-13,16,18-19H,7-11H2,1-2H3. The Kier molecular flexibility index (Phi) is 3.74. The van der Waals surface area contributed by atoms with Crippen molar-refractivity contribution in [3.8, 4) is 5.75 Å². The van der Waals surface area contributed by atoms with Gasteiger partial charge in [0, 0.05) is 5.56 Å². The monoisotopic (exact) mass is 275 g/mol. The van der Waals surface area contributed by atoms with E-state index in [2.05, 4.69) is 37.4 Å². The molecule has 2 aliphatic rings. The van der Waals surface area contributed by atoms with Gasteiger partial charge < -0.3 is 15.2 Å². The minimum Gasteiger partial charge on any atom is -0.486 e. The third kappa shape index (κ3) is 2.70. The van der Waals surface area contributed by atoms with E-state index in [0.29, 0.717) is 5.92 Å². The summed E-state index contributed by atoms with van der Waals surface area (Å²) in [6.07, 6.45) is 4.09. The van der Waals surface area contributed by atoms with Crippen molar-refractivity contribution in [3.63, 3.8) is 0 Å². The van der Waals surface area contributed by atoms with E-state index in [-0.39, 0.29) is 17.7 Å². The van der Waals surface area contributed by atoms with Gasteiger partial charge in [-0.15, -0.1) is 0 Å². The molecule has 0 amide bonds. The molecule has 1 atom stereocenters. The first-order valence-electron chi connectivity index (χ1n) is 7.75. The summed E-state index contributed by atoms with van der Waals surface area (Å²) in [6.45, 7) is 5.31. The van der Waals surface area contributed by atoms with E-state index in [0.717, 1.165) is 38.0 Å². The Morgan fingerprint density at radius 2 is 1.90 bits per heavy atom. The third-order valence-corrected chi connectivity index (χ3v) is 4.73. The van der Waals surface area contributed by atoms with Crippen molar-refractivity contribution in [3.05, 3.63) is 29.8 Å². The van der Waals surface area contributed by atoms with Crippen molar-refractivity contribution >= 4 is 0 Å². The van der Waals surface area contributed by atoms with Gasteiger partial charge in [-0.25, -0.2) is 0 Å². The van der Waals surface area contributed by atoms with Crippen LogP contribution >= 0.6 is 0 Å². The minimum atomic E-state index is -0.197. The number of benzene rings is 1. The Morgan fingerprint density at radius 3 is 2.65 bits per heavy atom. The Hall–Kier alpha value is -1.06. The molecule has 1 aromatic rings. The quantitative estimate of drug-likeness (QED) is 0.891. The van der Waals surface area contributed by atoms with Crippen molar-refractivity contribution < 1.29 is 9.84 Å². The molecule has 2 N–H and O–H groups in total. The fraction of sp³-hybridized carbons (Fsp3) is 0.647. The number of aliphatic hydroxyl groups is 1. The zero-order chi connectivity index (χ0) is 14.2. The zero-order valence-corrected chi connectivity index (χ0v) is 12.4. The second-order valence-corrected chi connectivity index (χ2v) is 6.76. The molecule has 20 heavy (non-hydrogen) atoms. The Balaban J connectivity index is 1.64. The summed E-state index contributed by atoms with van der Waals surface area (Å²) < 4.78 is 6.06. The van der Waals surface area contributed by atoms with Crippen LogP contribution < -0.4 is 10.1 Å². The summed E-state index contributed by atoms with van der Waals surface area (Å²) in [7, 11) is 0. The average molecular weight is 275 g/mol. The third-order valence-electron chi connectivity index (χ3n) is 4.73. The number of nitrogens with one attached hydrogen (secondary N) is 1. The molecule has 0 aromatic heterocycles. The number of ether oxygens (including phenoxy) is 1. The topological polar surface area (TPSA) is 41.5 Å². The molecular formula is C17H25NO2. The van der Waals surface area contributed by atoms with Crippen molar-refractivity contribution in [2.75, 3.05) is 6.54 Å². The maximum absolute atomic E-state index is 9.58. The van der Waals surface area contributed by atoms with E-state index in [1.54, 1.807) is 0 Å². The van der Waals surface area contributed by atoms with Crippen LogP contribution in [-0.4, -0.2) is 23.4 Å². The molecule has 110 valence electrons. The van der Waals surface area contributed by atoms with Gasteiger partial charge in [0.1, 0.15) is 11.4 Å². The Morgan fingerprint density at radius 1 is 1.20 bits per heavy atom. The van der Waals surface area contributed by atoms with Crippen molar-refractivity contribution in [2.24, 2.45) is 5.92 Å². The van der Waals surface area contributed by atoms with Crippen LogP contribution in [0.15, 0.2) is 24.3 Å². The van der Waals surface area contributed by atoms with E-state index in [1.165, 1.54) is 5.56 Å². The highest BCUT2D eigenvalue weighted by Gasteiger charge is 2.40. The summed E-state index contributed by atoms with van der Waals surface area (Å²) in [5.41, 5.74) is 1.08. The van der Waals surface area contributed by atoms with Gasteiger partial charge in [0.25, 0.3) is 0 Å². The lowest BCUT2D eigenvalue weighted by atomic mass is 9.86. The molecule has 3 heteroatoms. The van der Waals surface area contributed by atoms with Gasteiger partial charge in [-0.05, 0) is 58.1 Å². The van der Waals surface area contributed by atoms with Gasteiger partial charge in [-0.2, -0.15) is 0 Å². The highest BCUT2D eigenvalue weighted by Crippen LogP contribution is 2.42. The lowest BCUT2D eigenvalue weighted by molar-refractivity contribution is 0.0842. The fourth-order valence-electron chi connectivity index (χ4n) is 3.52. The molecule has 1 unspecified atom stereocenters. The van der Waals surface area contributed by atoms with Crippen LogP contribution in [0.4, 0.5) is 0 Å². The highest BCUT2D eigenvalue weighted by molar-refractivity contribution is 5.42. The number of rotatable bonds is 3. The van der Waals surface area contributed by atoms with Gasteiger partial charge in [-0.3, -0.25) is 0 Å². The van der Waals surface area contributed by atoms with E-state index in [1.807, 2.05) is 6.07 Å². The maximum atomic E-state index is 9.58. The fourth-order valence-corrected chi connectivity index (χ4v) is 3.52. The van der Waals surface area contributed by atoms with Crippen LogP contribution in [0.3, 0.4) is 0 Å². The van der Waals surface area contributed by atoms with Crippen LogP contribution in [0, 0.1) is 5.92 Å². The molecule has 1 aromatic carbocycles. The maximum Gasteiger partial charge on any atom is 0.125 e. The van der Waals surface area contributed by atoms with Gasteiger partial charge in [-0.1, -0.05) is 18.2 Å². The molecular weight excluding hydrogens is 250 g/mol. The van der Waals surface area contributed by atoms with Crippen LogP contribution in [0.2, 0.25) is 0 Å². The molecule has 1 heterocycles. The molecule has 0 radical (unpaired) electrons. The number of hydrogen-bond acceptors (Lipinski definition) is 3. The molecule has 0 saturated heterocycles. The number of fused-ring (bicyclic) bond motifs is 1. The van der Waals surface area contributed by atoms with Gasteiger partial charge in [0.15, 0.2) is 0 Å². The van der Waals surface area contributed by atoms with Crippen LogP contribution in [0.5, 0.6) is 5.75 Å². The van der Waals surface area contributed by atoms with Crippen LogP contribution in [-0.2, 0) is 0 Å².